The fourth-order valence-corrected chi connectivity index (χ4v) is 5.25. The van der Waals surface area contributed by atoms with Gasteiger partial charge in [-0.05, 0) is 12.8 Å². The highest BCUT2D eigenvalue weighted by molar-refractivity contribution is 7.46. The van der Waals surface area contributed by atoms with Gasteiger partial charge in [0.1, 0.15) is 19.8 Å². The van der Waals surface area contributed by atoms with Gasteiger partial charge in [0, 0.05) is 12.8 Å². The molecule has 0 aliphatic rings. The first-order chi connectivity index (χ1) is 22.3. The van der Waals surface area contributed by atoms with E-state index >= 15 is 0 Å². The van der Waals surface area contributed by atoms with E-state index in [9.17, 15) is 19.3 Å². The van der Waals surface area contributed by atoms with Crippen molar-refractivity contribution in [1.82, 2.24) is 0 Å². The van der Waals surface area contributed by atoms with Crippen molar-refractivity contribution in [3.8, 4) is 0 Å². The summed E-state index contributed by atoms with van der Waals surface area (Å²) in [5.41, 5.74) is 0. The maximum Gasteiger partial charge on any atom is 0.469 e. The van der Waals surface area contributed by atoms with Crippen molar-refractivity contribution >= 4 is 19.8 Å². The van der Waals surface area contributed by atoms with Crippen LogP contribution in [-0.2, 0) is 28.2 Å². The van der Waals surface area contributed by atoms with Gasteiger partial charge in [-0.3, -0.25) is 14.1 Å². The van der Waals surface area contributed by atoms with Crippen molar-refractivity contribution in [3.63, 3.8) is 0 Å². The van der Waals surface area contributed by atoms with Gasteiger partial charge in [-0.15, -0.1) is 0 Å². The van der Waals surface area contributed by atoms with Crippen LogP contribution in [0.3, 0.4) is 0 Å². The minimum absolute atomic E-state index is 0.0582. The van der Waals surface area contributed by atoms with E-state index in [4.69, 9.17) is 19.3 Å². The van der Waals surface area contributed by atoms with E-state index in [-0.39, 0.29) is 31.8 Å². The molecule has 47 heavy (non-hydrogen) atoms. The van der Waals surface area contributed by atoms with E-state index in [0.717, 1.165) is 38.5 Å². The third-order valence-electron chi connectivity index (χ3n) is 7.92. The minimum Gasteiger partial charge on any atom is -0.462 e. The Labute approximate surface area is 288 Å². The first kappa shape index (κ1) is 48.1. The lowest BCUT2D eigenvalue weighted by Gasteiger charge is -2.23. The largest absolute Gasteiger partial charge is 0.469 e. The van der Waals surface area contributed by atoms with Crippen molar-refractivity contribution in [2.24, 2.45) is 0 Å². The number of quaternary nitrogens is 1. The van der Waals surface area contributed by atoms with Crippen LogP contribution < -0.4 is 0 Å². The van der Waals surface area contributed by atoms with E-state index in [1.54, 1.807) is 0 Å². The third kappa shape index (κ3) is 42.9. The molecule has 0 spiro atoms. The fourth-order valence-electron chi connectivity index (χ4n) is 4.93. The number of hydrogen-bond donors (Lipinski definition) is 3. The Morgan fingerprint density at radius 1 is 0.617 bits per heavy atom. The van der Waals surface area contributed by atoms with Crippen LogP contribution >= 0.6 is 7.82 Å². The molecule has 0 aliphatic carbocycles. The standard InChI is InChI=1S/C31H60O5.C5H14NO4P/c1-3-5-7-9-11-13-15-17-19-21-23-25-30(33)35-28-29(27-32)36-31(34)26-24-22-20-18-16-14-12-10-8-6-4-2;1-6(2,3)4-5-10-11(7,8)9/h29,32H,3-28H2,1-2H3;4-5H2,1-3H3,(H-,7,8,9)/p+1. The maximum atomic E-state index is 12.0. The van der Waals surface area contributed by atoms with Crippen molar-refractivity contribution < 1.29 is 47.5 Å². The zero-order valence-electron chi connectivity index (χ0n) is 31.1. The quantitative estimate of drug-likeness (QED) is 0.0273. The van der Waals surface area contributed by atoms with Gasteiger partial charge >= 0.3 is 19.8 Å². The first-order valence-electron chi connectivity index (χ1n) is 18.8. The SMILES string of the molecule is CCCCCCCCCCCCCC(=O)OCC(CO)OC(=O)CCCCCCCCCCCCC.C[N+](C)(C)CCOP(=O)(O)O. The smallest absolute Gasteiger partial charge is 0.462 e. The molecule has 282 valence electrons. The van der Waals surface area contributed by atoms with Crippen molar-refractivity contribution in [1.29, 1.82) is 0 Å². The van der Waals surface area contributed by atoms with E-state index in [1.165, 1.54) is 103 Å². The van der Waals surface area contributed by atoms with Gasteiger partial charge < -0.3 is 28.9 Å². The molecule has 0 saturated carbocycles. The van der Waals surface area contributed by atoms with E-state index in [1.807, 2.05) is 21.1 Å². The summed E-state index contributed by atoms with van der Waals surface area (Å²) in [7, 11) is 1.50. The van der Waals surface area contributed by atoms with Crippen molar-refractivity contribution in [2.75, 3.05) is 47.5 Å². The third-order valence-corrected chi connectivity index (χ3v) is 8.44. The summed E-state index contributed by atoms with van der Waals surface area (Å²) in [6, 6.07) is 0. The molecular formula is C36H75NO9P+. The molecule has 3 N–H and O–H groups in total. The molecule has 0 aromatic rings. The number of carbonyl (C=O) groups is 2. The van der Waals surface area contributed by atoms with Crippen LogP contribution in [-0.4, -0.2) is 84.9 Å². The molecule has 0 radical (unpaired) electrons. The second kappa shape index (κ2) is 33.5. The van der Waals surface area contributed by atoms with Crippen LogP contribution in [0.1, 0.15) is 168 Å². The topological polar surface area (TPSA) is 140 Å². The number of rotatable bonds is 32. The van der Waals surface area contributed by atoms with Crippen LogP contribution in [0.25, 0.3) is 0 Å². The van der Waals surface area contributed by atoms with Gasteiger partial charge in [0.05, 0.1) is 27.7 Å². The molecule has 1 unspecified atom stereocenters. The molecular weight excluding hydrogens is 621 g/mol. The van der Waals surface area contributed by atoms with Crippen LogP contribution in [0.15, 0.2) is 0 Å². The molecule has 11 heteroatoms. The summed E-state index contributed by atoms with van der Waals surface area (Å²) in [5.74, 6) is -0.586. The van der Waals surface area contributed by atoms with E-state index in [2.05, 4.69) is 18.4 Å². The molecule has 0 bridgehead atoms. The minimum atomic E-state index is -4.26. The highest BCUT2D eigenvalue weighted by Gasteiger charge is 2.17. The Kier molecular flexibility index (Phi) is 34.2. The zero-order valence-corrected chi connectivity index (χ0v) is 32.0. The number of phosphoric acid groups is 1. The average Bonchev–Trinajstić information content (AvgIpc) is 2.99. The number of ether oxygens (including phenoxy) is 2. The van der Waals surface area contributed by atoms with Gasteiger partial charge in [-0.2, -0.15) is 0 Å². The van der Waals surface area contributed by atoms with Crippen molar-refractivity contribution in [3.05, 3.63) is 0 Å². The molecule has 0 amide bonds. The highest BCUT2D eigenvalue weighted by Crippen LogP contribution is 2.35. The summed E-state index contributed by atoms with van der Waals surface area (Å²) in [6.07, 6.45) is 27.2. The number of carbonyl (C=O) groups excluding carboxylic acids is 2. The summed E-state index contributed by atoms with van der Waals surface area (Å²) in [4.78, 5) is 40.6. The maximum absolute atomic E-state index is 12.0. The molecule has 0 fully saturated rings. The van der Waals surface area contributed by atoms with E-state index < -0.39 is 13.9 Å². The van der Waals surface area contributed by atoms with Gasteiger partial charge in [-0.1, -0.05) is 142 Å². The summed E-state index contributed by atoms with van der Waals surface area (Å²) in [5, 5.41) is 9.46. The normalized spacial score (nSPS) is 12.3. The van der Waals surface area contributed by atoms with E-state index in [0.29, 0.717) is 23.9 Å². The molecule has 10 nitrogen and oxygen atoms in total. The molecule has 0 aromatic heterocycles. The molecule has 0 rings (SSSR count). The summed E-state index contributed by atoms with van der Waals surface area (Å²) >= 11 is 0. The lowest BCUT2D eigenvalue weighted by molar-refractivity contribution is -0.870. The lowest BCUT2D eigenvalue weighted by Crippen LogP contribution is -2.37. The van der Waals surface area contributed by atoms with Crippen LogP contribution in [0.5, 0.6) is 0 Å². The molecule has 0 heterocycles. The molecule has 0 aliphatic heterocycles. The predicted octanol–water partition coefficient (Wildman–Crippen LogP) is 8.64. The highest BCUT2D eigenvalue weighted by atomic mass is 31.2. The second-order valence-corrected chi connectivity index (χ2v) is 15.1. The number of likely N-dealkylation sites (N-methyl/N-ethyl adjacent to an activating group) is 1. The first-order valence-corrected chi connectivity index (χ1v) is 20.3. The monoisotopic (exact) mass is 697 g/mol. The van der Waals surface area contributed by atoms with Crippen LogP contribution in [0.4, 0.5) is 0 Å². The van der Waals surface area contributed by atoms with Gasteiger partial charge in [0.15, 0.2) is 6.10 Å². The van der Waals surface area contributed by atoms with Crippen LogP contribution in [0, 0.1) is 0 Å². The summed E-state index contributed by atoms with van der Waals surface area (Å²) in [6.45, 7) is 4.76. The summed E-state index contributed by atoms with van der Waals surface area (Å²) < 4.78 is 25.6. The van der Waals surface area contributed by atoms with Gasteiger partial charge in [0.25, 0.3) is 0 Å². The average molecular weight is 697 g/mol. The number of aliphatic hydroxyl groups excluding tert-OH is 1. The number of hydrogen-bond acceptors (Lipinski definition) is 7. The van der Waals surface area contributed by atoms with Crippen LogP contribution in [0.2, 0.25) is 0 Å². The Morgan fingerprint density at radius 3 is 1.32 bits per heavy atom. The number of nitrogens with zero attached hydrogens (tertiary/aromatic N) is 1. The Bertz CT molecular complexity index is 755. The number of aliphatic hydroxyl groups is 1. The van der Waals surface area contributed by atoms with Gasteiger partial charge in [0.2, 0.25) is 0 Å². The lowest BCUT2D eigenvalue weighted by atomic mass is 10.1. The van der Waals surface area contributed by atoms with Crippen molar-refractivity contribution in [2.45, 2.75) is 174 Å². The Hall–Kier alpha value is -1.03. The Morgan fingerprint density at radius 2 is 0.979 bits per heavy atom. The predicted molar refractivity (Wildman–Crippen MR) is 191 cm³/mol. The zero-order chi connectivity index (χ0) is 35.7. The second-order valence-electron chi connectivity index (χ2n) is 13.9. The number of unbranched alkanes of at least 4 members (excludes halogenated alkanes) is 20. The number of phosphoric ester groups is 1. The number of esters is 2. The fraction of sp³-hybridized carbons (Fsp3) is 0.944. The molecule has 0 saturated heterocycles. The molecule has 0 aromatic carbocycles. The Balaban J connectivity index is 0. The molecule has 1 atom stereocenters. The van der Waals surface area contributed by atoms with Gasteiger partial charge in [-0.25, -0.2) is 4.57 Å².